The number of amides is 1. The van der Waals surface area contributed by atoms with Crippen LogP contribution in [0.4, 0.5) is 20.3 Å². The van der Waals surface area contributed by atoms with E-state index in [4.69, 9.17) is 0 Å². The van der Waals surface area contributed by atoms with E-state index in [1.54, 1.807) is 0 Å². The first kappa shape index (κ1) is 18.0. The van der Waals surface area contributed by atoms with Crippen molar-refractivity contribution >= 4 is 17.4 Å². The van der Waals surface area contributed by atoms with Gasteiger partial charge in [-0.1, -0.05) is 32.0 Å². The first-order chi connectivity index (χ1) is 13.4. The summed E-state index contributed by atoms with van der Waals surface area (Å²) in [5, 5.41) is 5.77. The minimum Gasteiger partial charge on any atom is -0.346 e. The Bertz CT molecular complexity index is 1040. The van der Waals surface area contributed by atoms with E-state index >= 15 is 0 Å². The molecule has 0 saturated heterocycles. The first-order valence-corrected chi connectivity index (χ1v) is 8.94. The van der Waals surface area contributed by atoms with E-state index in [9.17, 15) is 13.6 Å². The molecule has 2 heterocycles. The Labute approximate surface area is 160 Å². The standard InChI is InChI=1S/C21H18F2N4O/c1-11(2)12-6-8-13(9-7-12)25-20-18-16(10-24-21(18)28)26-19(27-20)17-14(22)4-3-5-15(17)23/h3-9,11H,10H2,1-2H3,(H,24,28)(H,25,26,27). The van der Waals surface area contributed by atoms with Gasteiger partial charge >= 0.3 is 0 Å². The van der Waals surface area contributed by atoms with E-state index in [-0.39, 0.29) is 35.2 Å². The van der Waals surface area contributed by atoms with Gasteiger partial charge in [0.15, 0.2) is 5.82 Å². The van der Waals surface area contributed by atoms with Gasteiger partial charge in [-0.15, -0.1) is 0 Å². The van der Waals surface area contributed by atoms with Gasteiger partial charge < -0.3 is 10.6 Å². The van der Waals surface area contributed by atoms with Crippen LogP contribution in [-0.2, 0) is 6.54 Å². The zero-order chi connectivity index (χ0) is 19.8. The lowest BCUT2D eigenvalue weighted by Crippen LogP contribution is -2.14. The van der Waals surface area contributed by atoms with Crippen LogP contribution in [-0.4, -0.2) is 15.9 Å². The Kier molecular flexibility index (Phi) is 4.50. The highest BCUT2D eigenvalue weighted by atomic mass is 19.1. The number of rotatable bonds is 4. The molecule has 1 aliphatic heterocycles. The van der Waals surface area contributed by atoms with Crippen molar-refractivity contribution in [1.29, 1.82) is 0 Å². The summed E-state index contributed by atoms with van der Waals surface area (Å²) in [5.74, 6) is -1.34. The summed E-state index contributed by atoms with van der Waals surface area (Å²) in [5.41, 5.74) is 2.26. The number of fused-ring (bicyclic) bond motifs is 1. The molecule has 142 valence electrons. The molecule has 5 nitrogen and oxygen atoms in total. The summed E-state index contributed by atoms with van der Waals surface area (Å²) in [7, 11) is 0. The van der Waals surface area contributed by atoms with E-state index in [0.29, 0.717) is 17.3 Å². The Morgan fingerprint density at radius 3 is 2.32 bits per heavy atom. The number of aromatic nitrogens is 2. The van der Waals surface area contributed by atoms with Crippen LogP contribution >= 0.6 is 0 Å². The van der Waals surface area contributed by atoms with Crippen LogP contribution in [0.3, 0.4) is 0 Å². The third-order valence-electron chi connectivity index (χ3n) is 4.65. The van der Waals surface area contributed by atoms with Crippen LogP contribution in [0.15, 0.2) is 42.5 Å². The molecule has 1 aromatic heterocycles. The Balaban J connectivity index is 1.80. The van der Waals surface area contributed by atoms with Crippen LogP contribution in [0.2, 0.25) is 0 Å². The highest BCUT2D eigenvalue weighted by Gasteiger charge is 2.28. The molecule has 0 radical (unpaired) electrons. The number of carbonyl (C=O) groups is 1. The first-order valence-electron chi connectivity index (χ1n) is 8.94. The van der Waals surface area contributed by atoms with Crippen molar-refractivity contribution in [3.8, 4) is 11.4 Å². The van der Waals surface area contributed by atoms with Crippen molar-refractivity contribution in [1.82, 2.24) is 15.3 Å². The number of halogens is 2. The van der Waals surface area contributed by atoms with Gasteiger partial charge in [0.1, 0.15) is 23.0 Å². The van der Waals surface area contributed by atoms with E-state index < -0.39 is 11.6 Å². The molecule has 1 aliphatic rings. The molecule has 0 spiro atoms. The largest absolute Gasteiger partial charge is 0.346 e. The molecule has 0 aliphatic carbocycles. The molecular formula is C21H18F2N4O. The van der Waals surface area contributed by atoms with Crippen molar-refractivity contribution in [2.45, 2.75) is 26.3 Å². The highest BCUT2D eigenvalue weighted by Crippen LogP contribution is 2.30. The molecule has 0 saturated carbocycles. The summed E-state index contributed by atoms with van der Waals surface area (Å²) < 4.78 is 28.4. The van der Waals surface area contributed by atoms with Gasteiger partial charge in [-0.25, -0.2) is 18.7 Å². The minimum absolute atomic E-state index is 0.104. The number of anilines is 2. The molecule has 0 bridgehead atoms. The van der Waals surface area contributed by atoms with Gasteiger partial charge in [0.05, 0.1) is 17.8 Å². The number of benzene rings is 2. The van der Waals surface area contributed by atoms with Gasteiger partial charge in [-0.05, 0) is 35.7 Å². The smallest absolute Gasteiger partial charge is 0.257 e. The van der Waals surface area contributed by atoms with Gasteiger partial charge in [0.25, 0.3) is 5.91 Å². The zero-order valence-corrected chi connectivity index (χ0v) is 15.4. The SMILES string of the molecule is CC(C)c1ccc(Nc2nc(-c3c(F)cccc3F)nc3c2C(=O)NC3)cc1. The van der Waals surface area contributed by atoms with Crippen molar-refractivity contribution in [2.24, 2.45) is 0 Å². The lowest BCUT2D eigenvalue weighted by Gasteiger charge is -2.13. The van der Waals surface area contributed by atoms with E-state index in [0.717, 1.165) is 12.1 Å². The van der Waals surface area contributed by atoms with Crippen LogP contribution in [0.1, 0.15) is 41.4 Å². The summed E-state index contributed by atoms with van der Waals surface area (Å²) >= 11 is 0. The fraction of sp³-hybridized carbons (Fsp3) is 0.190. The van der Waals surface area contributed by atoms with Gasteiger partial charge in [-0.2, -0.15) is 0 Å². The molecule has 3 aromatic rings. The molecule has 4 rings (SSSR count). The number of nitrogens with one attached hydrogen (secondary N) is 2. The molecule has 0 fully saturated rings. The predicted octanol–water partition coefficient (Wildman–Crippen LogP) is 4.53. The van der Waals surface area contributed by atoms with Crippen LogP contribution in [0.5, 0.6) is 0 Å². The molecule has 7 heteroatoms. The van der Waals surface area contributed by atoms with E-state index in [2.05, 4.69) is 34.4 Å². The molecule has 2 N–H and O–H groups in total. The second-order valence-electron chi connectivity index (χ2n) is 6.90. The zero-order valence-electron chi connectivity index (χ0n) is 15.4. The highest BCUT2D eigenvalue weighted by molar-refractivity contribution is 6.03. The predicted molar refractivity (Wildman–Crippen MR) is 102 cm³/mol. The average molecular weight is 380 g/mol. The third kappa shape index (κ3) is 3.19. The summed E-state index contributed by atoms with van der Waals surface area (Å²) in [4.78, 5) is 20.7. The molecule has 2 aromatic carbocycles. The number of nitrogens with zero attached hydrogens (tertiary/aromatic N) is 2. The van der Waals surface area contributed by atoms with Gasteiger partial charge in [0.2, 0.25) is 0 Å². The average Bonchev–Trinajstić information content (AvgIpc) is 3.03. The maximum absolute atomic E-state index is 14.2. The molecular weight excluding hydrogens is 362 g/mol. The summed E-state index contributed by atoms with van der Waals surface area (Å²) in [6.45, 7) is 4.37. The fourth-order valence-corrected chi connectivity index (χ4v) is 3.13. The monoisotopic (exact) mass is 380 g/mol. The van der Waals surface area contributed by atoms with Crippen molar-refractivity contribution < 1.29 is 13.6 Å². The normalized spacial score (nSPS) is 12.8. The Morgan fingerprint density at radius 2 is 1.68 bits per heavy atom. The third-order valence-corrected chi connectivity index (χ3v) is 4.65. The number of carbonyl (C=O) groups excluding carboxylic acids is 1. The minimum atomic E-state index is -0.760. The quantitative estimate of drug-likeness (QED) is 0.698. The lowest BCUT2D eigenvalue weighted by atomic mass is 10.0. The van der Waals surface area contributed by atoms with Crippen LogP contribution in [0, 0.1) is 11.6 Å². The van der Waals surface area contributed by atoms with Gasteiger partial charge in [0, 0.05) is 5.69 Å². The topological polar surface area (TPSA) is 66.9 Å². The Hall–Kier alpha value is -3.35. The van der Waals surface area contributed by atoms with Gasteiger partial charge in [-0.3, -0.25) is 4.79 Å². The lowest BCUT2D eigenvalue weighted by molar-refractivity contribution is 0.0966. The summed E-state index contributed by atoms with van der Waals surface area (Å²) in [6.07, 6.45) is 0. The molecule has 1 amide bonds. The summed E-state index contributed by atoms with van der Waals surface area (Å²) in [6, 6.07) is 11.3. The van der Waals surface area contributed by atoms with Crippen molar-refractivity contribution in [3.63, 3.8) is 0 Å². The van der Waals surface area contributed by atoms with E-state index in [1.807, 2.05) is 24.3 Å². The maximum atomic E-state index is 14.2. The fourth-order valence-electron chi connectivity index (χ4n) is 3.13. The molecule has 0 atom stereocenters. The Morgan fingerprint density at radius 1 is 1.00 bits per heavy atom. The maximum Gasteiger partial charge on any atom is 0.257 e. The van der Waals surface area contributed by atoms with E-state index in [1.165, 1.54) is 11.6 Å². The van der Waals surface area contributed by atoms with Crippen LogP contribution < -0.4 is 10.6 Å². The second-order valence-corrected chi connectivity index (χ2v) is 6.90. The number of hydrogen-bond acceptors (Lipinski definition) is 4. The van der Waals surface area contributed by atoms with Crippen molar-refractivity contribution in [2.75, 3.05) is 5.32 Å². The second kappa shape index (κ2) is 6.99. The molecule has 0 unspecified atom stereocenters. The van der Waals surface area contributed by atoms with Crippen molar-refractivity contribution in [3.05, 3.63) is 70.9 Å². The van der Waals surface area contributed by atoms with Crippen LogP contribution in [0.25, 0.3) is 11.4 Å². The molecule has 28 heavy (non-hydrogen) atoms. The number of hydrogen-bond donors (Lipinski definition) is 2.